The largest absolute Gasteiger partial charge is 0.396 e. The molecule has 19 heavy (non-hydrogen) atoms. The van der Waals surface area contributed by atoms with Gasteiger partial charge in [0, 0.05) is 30.7 Å². The van der Waals surface area contributed by atoms with E-state index in [4.69, 9.17) is 5.11 Å². The number of aromatic nitrogens is 1. The second kappa shape index (κ2) is 7.21. The zero-order chi connectivity index (χ0) is 13.5. The van der Waals surface area contributed by atoms with E-state index in [-0.39, 0.29) is 12.5 Å². The molecule has 0 atom stereocenters. The highest BCUT2D eigenvalue weighted by Gasteiger charge is 2.29. The molecule has 2 rings (SSSR count). The molecule has 1 aliphatic carbocycles. The van der Waals surface area contributed by atoms with Gasteiger partial charge in [-0.15, -0.1) is 0 Å². The molecular weight excluding hydrogens is 242 g/mol. The van der Waals surface area contributed by atoms with Crippen LogP contribution in [0.3, 0.4) is 0 Å². The SMILES string of the molecule is O=C(CN(CCCCO)C1CC1)Nc1ccncc1. The minimum Gasteiger partial charge on any atom is -0.396 e. The molecule has 1 aromatic rings. The lowest BCUT2D eigenvalue weighted by Gasteiger charge is -2.21. The highest BCUT2D eigenvalue weighted by molar-refractivity contribution is 5.92. The van der Waals surface area contributed by atoms with Gasteiger partial charge in [-0.25, -0.2) is 0 Å². The molecule has 0 radical (unpaired) electrons. The van der Waals surface area contributed by atoms with Crippen molar-refractivity contribution in [2.75, 3.05) is 25.0 Å². The fourth-order valence-electron chi connectivity index (χ4n) is 2.08. The first-order valence-electron chi connectivity index (χ1n) is 6.84. The topological polar surface area (TPSA) is 65.5 Å². The van der Waals surface area contributed by atoms with E-state index in [1.54, 1.807) is 24.5 Å². The van der Waals surface area contributed by atoms with Crippen LogP contribution in [0.1, 0.15) is 25.7 Å². The first-order chi connectivity index (χ1) is 9.29. The van der Waals surface area contributed by atoms with Gasteiger partial charge in [0.1, 0.15) is 0 Å². The maximum absolute atomic E-state index is 12.0. The van der Waals surface area contributed by atoms with E-state index >= 15 is 0 Å². The van der Waals surface area contributed by atoms with Crippen LogP contribution >= 0.6 is 0 Å². The third-order valence-electron chi connectivity index (χ3n) is 3.23. The number of nitrogens with one attached hydrogen (secondary N) is 1. The summed E-state index contributed by atoms with van der Waals surface area (Å²) in [5.74, 6) is 0.0158. The Kier molecular flexibility index (Phi) is 5.30. The van der Waals surface area contributed by atoms with Crippen LogP contribution in [-0.4, -0.2) is 46.6 Å². The Bertz CT molecular complexity index is 393. The van der Waals surface area contributed by atoms with Crippen LogP contribution in [0.2, 0.25) is 0 Å². The number of carbonyl (C=O) groups is 1. The fourth-order valence-corrected chi connectivity index (χ4v) is 2.08. The van der Waals surface area contributed by atoms with Gasteiger partial charge in [0.2, 0.25) is 5.91 Å². The van der Waals surface area contributed by atoms with E-state index in [0.29, 0.717) is 12.6 Å². The summed E-state index contributed by atoms with van der Waals surface area (Å²) >= 11 is 0. The number of pyridine rings is 1. The lowest BCUT2D eigenvalue weighted by Crippen LogP contribution is -2.35. The standard InChI is InChI=1S/C14H21N3O2/c18-10-2-1-9-17(13-3-4-13)11-14(19)16-12-5-7-15-8-6-12/h5-8,13,18H,1-4,9-11H2,(H,15,16,19). The monoisotopic (exact) mass is 263 g/mol. The predicted molar refractivity (Wildman–Crippen MR) is 73.8 cm³/mol. The van der Waals surface area contributed by atoms with Gasteiger partial charge >= 0.3 is 0 Å². The summed E-state index contributed by atoms with van der Waals surface area (Å²) in [6.07, 6.45) is 7.43. The average molecular weight is 263 g/mol. The number of aliphatic hydroxyl groups excluding tert-OH is 1. The van der Waals surface area contributed by atoms with Crippen molar-refractivity contribution in [2.45, 2.75) is 31.7 Å². The molecule has 1 saturated carbocycles. The van der Waals surface area contributed by atoms with E-state index in [2.05, 4.69) is 15.2 Å². The molecule has 0 aromatic carbocycles. The Balaban J connectivity index is 1.78. The Morgan fingerprint density at radius 1 is 1.37 bits per heavy atom. The second-order valence-corrected chi connectivity index (χ2v) is 4.92. The van der Waals surface area contributed by atoms with E-state index in [1.807, 2.05) is 0 Å². The number of amides is 1. The van der Waals surface area contributed by atoms with Crippen LogP contribution in [0.25, 0.3) is 0 Å². The van der Waals surface area contributed by atoms with Crippen LogP contribution in [0, 0.1) is 0 Å². The first kappa shape index (κ1) is 14.0. The van der Waals surface area contributed by atoms with Gasteiger partial charge < -0.3 is 10.4 Å². The highest BCUT2D eigenvalue weighted by Crippen LogP contribution is 2.26. The molecule has 5 nitrogen and oxygen atoms in total. The minimum atomic E-state index is 0.0158. The van der Waals surface area contributed by atoms with Gasteiger partial charge in [0.25, 0.3) is 0 Å². The maximum atomic E-state index is 12.0. The molecule has 0 bridgehead atoms. The van der Waals surface area contributed by atoms with Crippen molar-refractivity contribution in [3.63, 3.8) is 0 Å². The average Bonchev–Trinajstić information content (AvgIpc) is 3.23. The number of nitrogens with zero attached hydrogens (tertiary/aromatic N) is 2. The Morgan fingerprint density at radius 3 is 2.74 bits per heavy atom. The van der Waals surface area contributed by atoms with Crippen LogP contribution in [0.15, 0.2) is 24.5 Å². The molecule has 2 N–H and O–H groups in total. The Labute approximate surface area is 113 Å². The lowest BCUT2D eigenvalue weighted by atomic mass is 10.3. The summed E-state index contributed by atoms with van der Waals surface area (Å²) in [7, 11) is 0. The van der Waals surface area contributed by atoms with Crippen LogP contribution in [0.4, 0.5) is 5.69 Å². The van der Waals surface area contributed by atoms with Gasteiger partial charge in [-0.2, -0.15) is 0 Å². The zero-order valence-electron chi connectivity index (χ0n) is 11.1. The molecule has 1 fully saturated rings. The van der Waals surface area contributed by atoms with Crippen LogP contribution in [-0.2, 0) is 4.79 Å². The van der Waals surface area contributed by atoms with Crippen molar-refractivity contribution >= 4 is 11.6 Å². The fraction of sp³-hybridized carbons (Fsp3) is 0.571. The third-order valence-corrected chi connectivity index (χ3v) is 3.23. The first-order valence-corrected chi connectivity index (χ1v) is 6.84. The maximum Gasteiger partial charge on any atom is 0.238 e. The van der Waals surface area contributed by atoms with Crippen molar-refractivity contribution in [2.24, 2.45) is 0 Å². The van der Waals surface area contributed by atoms with E-state index < -0.39 is 0 Å². The molecule has 104 valence electrons. The predicted octanol–water partition coefficient (Wildman–Crippen LogP) is 1.26. The molecule has 1 amide bonds. The molecule has 1 heterocycles. The van der Waals surface area contributed by atoms with Crippen molar-refractivity contribution in [1.29, 1.82) is 0 Å². The summed E-state index contributed by atoms with van der Waals surface area (Å²) in [5, 5.41) is 11.7. The molecule has 0 aliphatic heterocycles. The number of anilines is 1. The van der Waals surface area contributed by atoms with Crippen LogP contribution < -0.4 is 5.32 Å². The van der Waals surface area contributed by atoms with E-state index in [0.717, 1.165) is 25.1 Å². The molecule has 0 spiro atoms. The summed E-state index contributed by atoms with van der Waals surface area (Å²) in [5.41, 5.74) is 0.783. The molecule has 0 unspecified atom stereocenters. The third kappa shape index (κ3) is 4.96. The number of aliphatic hydroxyl groups is 1. The minimum absolute atomic E-state index is 0.0158. The summed E-state index contributed by atoms with van der Waals surface area (Å²) in [6.45, 7) is 1.54. The second-order valence-electron chi connectivity index (χ2n) is 4.92. The summed E-state index contributed by atoms with van der Waals surface area (Å²) in [4.78, 5) is 18.1. The number of unbranched alkanes of at least 4 members (excludes halogenated alkanes) is 1. The van der Waals surface area contributed by atoms with Gasteiger partial charge in [-0.05, 0) is 44.4 Å². The molecule has 1 aromatic heterocycles. The van der Waals surface area contributed by atoms with Gasteiger partial charge in [0.05, 0.1) is 6.54 Å². The highest BCUT2D eigenvalue weighted by atomic mass is 16.2. The van der Waals surface area contributed by atoms with Gasteiger partial charge in [0.15, 0.2) is 0 Å². The lowest BCUT2D eigenvalue weighted by molar-refractivity contribution is -0.117. The van der Waals surface area contributed by atoms with Crippen LogP contribution in [0.5, 0.6) is 0 Å². The Hall–Kier alpha value is -1.46. The van der Waals surface area contributed by atoms with Crippen molar-refractivity contribution < 1.29 is 9.90 Å². The smallest absolute Gasteiger partial charge is 0.238 e. The molecule has 0 saturated heterocycles. The molecular formula is C14H21N3O2. The van der Waals surface area contributed by atoms with Crippen molar-refractivity contribution in [1.82, 2.24) is 9.88 Å². The van der Waals surface area contributed by atoms with Crippen molar-refractivity contribution in [3.8, 4) is 0 Å². The number of hydrogen-bond donors (Lipinski definition) is 2. The molecule has 1 aliphatic rings. The Morgan fingerprint density at radius 2 is 2.11 bits per heavy atom. The number of hydrogen-bond acceptors (Lipinski definition) is 4. The van der Waals surface area contributed by atoms with Gasteiger partial charge in [-0.1, -0.05) is 0 Å². The number of rotatable bonds is 8. The van der Waals surface area contributed by atoms with E-state index in [1.165, 1.54) is 12.8 Å². The van der Waals surface area contributed by atoms with Gasteiger partial charge in [-0.3, -0.25) is 14.7 Å². The quantitative estimate of drug-likeness (QED) is 0.693. The van der Waals surface area contributed by atoms with E-state index in [9.17, 15) is 4.79 Å². The summed E-state index contributed by atoms with van der Waals surface area (Å²) < 4.78 is 0. The summed E-state index contributed by atoms with van der Waals surface area (Å²) in [6, 6.07) is 4.12. The normalized spacial score (nSPS) is 14.6. The molecule has 5 heteroatoms. The zero-order valence-corrected chi connectivity index (χ0v) is 11.1. The van der Waals surface area contributed by atoms with Crippen molar-refractivity contribution in [3.05, 3.63) is 24.5 Å². The number of carbonyl (C=O) groups excluding carboxylic acids is 1.